The number of hydrogen-bond donors (Lipinski definition) is 2. The molecule has 0 aliphatic carbocycles. The van der Waals surface area contributed by atoms with Crippen LogP contribution in [0, 0.1) is 20.8 Å². The molecule has 112 valence electrons. The fourth-order valence-corrected chi connectivity index (χ4v) is 3.79. The van der Waals surface area contributed by atoms with E-state index >= 15 is 0 Å². The summed E-state index contributed by atoms with van der Waals surface area (Å²) in [5, 5.41) is 0.172. The van der Waals surface area contributed by atoms with Gasteiger partial charge in [0.1, 0.15) is 5.15 Å². The fourth-order valence-electron chi connectivity index (χ4n) is 2.15. The third-order valence-corrected chi connectivity index (χ3v) is 4.63. The van der Waals surface area contributed by atoms with Crippen LogP contribution in [0.3, 0.4) is 0 Å². The molecule has 2 rings (SSSR count). The summed E-state index contributed by atoms with van der Waals surface area (Å²) in [5.41, 5.74) is 7.90. The van der Waals surface area contributed by atoms with Crippen LogP contribution in [0.15, 0.2) is 23.1 Å². The number of nitrogen functional groups attached to an aromatic ring is 1. The Bertz CT molecular complexity index is 763. The van der Waals surface area contributed by atoms with Crippen LogP contribution in [0.4, 0.5) is 11.6 Å². The first-order chi connectivity index (χ1) is 9.69. The maximum absolute atomic E-state index is 12.5. The van der Waals surface area contributed by atoms with E-state index in [1.54, 1.807) is 39.0 Å². The number of sulfonamides is 1. The van der Waals surface area contributed by atoms with E-state index in [9.17, 15) is 8.42 Å². The molecule has 0 atom stereocenters. The zero-order chi connectivity index (χ0) is 15.8. The number of aromatic nitrogens is 2. The van der Waals surface area contributed by atoms with Gasteiger partial charge in [-0.2, -0.15) is 0 Å². The van der Waals surface area contributed by atoms with Crippen LogP contribution in [-0.2, 0) is 10.0 Å². The van der Waals surface area contributed by atoms with Gasteiger partial charge in [0.15, 0.2) is 0 Å². The topological polar surface area (TPSA) is 98.0 Å². The lowest BCUT2D eigenvalue weighted by Crippen LogP contribution is -2.18. The van der Waals surface area contributed by atoms with Crippen molar-refractivity contribution in [3.8, 4) is 0 Å². The first kappa shape index (κ1) is 15.5. The highest BCUT2D eigenvalue weighted by molar-refractivity contribution is 7.92. The number of nitrogens with one attached hydrogen (secondary N) is 1. The van der Waals surface area contributed by atoms with E-state index in [4.69, 9.17) is 17.3 Å². The molecule has 1 aromatic heterocycles. The Balaban J connectivity index is 2.48. The van der Waals surface area contributed by atoms with Crippen molar-refractivity contribution in [3.63, 3.8) is 0 Å². The number of nitrogens with two attached hydrogens (primary N) is 1. The van der Waals surface area contributed by atoms with E-state index in [-0.39, 0.29) is 16.0 Å². The molecule has 3 N–H and O–H groups in total. The zero-order valence-electron chi connectivity index (χ0n) is 11.8. The molecule has 0 aliphatic heterocycles. The largest absolute Gasteiger partial charge is 0.399 e. The summed E-state index contributed by atoms with van der Waals surface area (Å²) in [4.78, 5) is 8.04. The van der Waals surface area contributed by atoms with Gasteiger partial charge < -0.3 is 5.73 Å². The quantitative estimate of drug-likeness (QED) is 0.666. The lowest BCUT2D eigenvalue weighted by atomic mass is 10.1. The minimum atomic E-state index is -3.81. The highest BCUT2D eigenvalue weighted by Gasteiger charge is 2.21. The fraction of sp³-hybridized carbons (Fsp3) is 0.231. The van der Waals surface area contributed by atoms with Crippen molar-refractivity contribution in [2.75, 3.05) is 10.5 Å². The van der Waals surface area contributed by atoms with Crippen molar-refractivity contribution in [2.24, 2.45) is 0 Å². The Morgan fingerprint density at radius 2 is 1.67 bits per heavy atom. The van der Waals surface area contributed by atoms with E-state index in [1.807, 2.05) is 0 Å². The molecular weight excluding hydrogens is 312 g/mol. The maximum atomic E-state index is 12.5. The second-order valence-electron chi connectivity index (χ2n) is 4.74. The number of aryl methyl sites for hydroxylation is 3. The van der Waals surface area contributed by atoms with Crippen molar-refractivity contribution in [2.45, 2.75) is 25.7 Å². The third-order valence-electron chi connectivity index (χ3n) is 2.80. The molecule has 2 aromatic rings. The maximum Gasteiger partial charge on any atom is 0.264 e. The first-order valence-electron chi connectivity index (χ1n) is 6.10. The summed E-state index contributed by atoms with van der Waals surface area (Å²) in [6.07, 6.45) is 0. The van der Waals surface area contributed by atoms with Crippen molar-refractivity contribution >= 4 is 33.3 Å². The van der Waals surface area contributed by atoms with Crippen molar-refractivity contribution < 1.29 is 8.42 Å². The minimum absolute atomic E-state index is 0.0596. The summed E-state index contributed by atoms with van der Waals surface area (Å²) >= 11 is 5.81. The predicted octanol–water partition coefficient (Wildman–Crippen LogP) is 2.44. The molecule has 0 amide bonds. The summed E-state index contributed by atoms with van der Waals surface area (Å²) < 4.78 is 27.3. The second-order valence-corrected chi connectivity index (χ2v) is 6.75. The van der Waals surface area contributed by atoms with E-state index in [0.29, 0.717) is 22.5 Å². The highest BCUT2D eigenvalue weighted by atomic mass is 35.5. The number of benzene rings is 1. The van der Waals surface area contributed by atoms with Crippen LogP contribution in [0.2, 0.25) is 5.15 Å². The van der Waals surface area contributed by atoms with Gasteiger partial charge in [0.25, 0.3) is 10.0 Å². The molecule has 0 fully saturated rings. The molecule has 1 aromatic carbocycles. The van der Waals surface area contributed by atoms with Gasteiger partial charge in [-0.25, -0.2) is 23.1 Å². The Kier molecular flexibility index (Phi) is 4.06. The van der Waals surface area contributed by atoms with Crippen molar-refractivity contribution in [1.82, 2.24) is 9.97 Å². The van der Waals surface area contributed by atoms with Gasteiger partial charge in [0.2, 0.25) is 5.95 Å². The van der Waals surface area contributed by atoms with Crippen LogP contribution in [0.25, 0.3) is 0 Å². The third kappa shape index (κ3) is 3.43. The van der Waals surface area contributed by atoms with Crippen LogP contribution in [0.5, 0.6) is 0 Å². The molecule has 21 heavy (non-hydrogen) atoms. The monoisotopic (exact) mass is 326 g/mol. The van der Waals surface area contributed by atoms with Crippen LogP contribution in [0.1, 0.15) is 16.8 Å². The van der Waals surface area contributed by atoms with Crippen molar-refractivity contribution in [3.05, 3.63) is 40.2 Å². The average Bonchev–Trinajstić information content (AvgIpc) is 2.23. The number of nitrogens with zero attached hydrogens (tertiary/aromatic N) is 2. The minimum Gasteiger partial charge on any atom is -0.399 e. The standard InChI is InChI=1S/C13H15ClN4O2S/c1-7-4-10(15)5-8(2)12(7)21(19,20)18-13-16-9(3)6-11(14)17-13/h4-6H,15H2,1-3H3,(H,16,17,18). The van der Waals surface area contributed by atoms with Crippen LogP contribution in [-0.4, -0.2) is 18.4 Å². The van der Waals surface area contributed by atoms with Crippen molar-refractivity contribution in [1.29, 1.82) is 0 Å². The van der Waals surface area contributed by atoms with Gasteiger partial charge in [0, 0.05) is 11.4 Å². The SMILES string of the molecule is Cc1cc(Cl)nc(NS(=O)(=O)c2c(C)cc(N)cc2C)n1. The Hall–Kier alpha value is -1.86. The highest BCUT2D eigenvalue weighted by Crippen LogP contribution is 2.24. The van der Waals surface area contributed by atoms with E-state index in [1.165, 1.54) is 0 Å². The Morgan fingerprint density at radius 3 is 2.19 bits per heavy atom. The van der Waals surface area contributed by atoms with Crippen LogP contribution >= 0.6 is 11.6 Å². The molecule has 0 saturated heterocycles. The molecule has 0 unspecified atom stereocenters. The van der Waals surface area contributed by atoms with Gasteiger partial charge in [0.05, 0.1) is 4.90 Å². The number of hydrogen-bond acceptors (Lipinski definition) is 5. The second kappa shape index (κ2) is 5.50. The molecular formula is C13H15ClN4O2S. The average molecular weight is 327 g/mol. The summed E-state index contributed by atoms with van der Waals surface area (Å²) in [5.74, 6) is -0.0596. The van der Waals surface area contributed by atoms with Gasteiger partial charge in [-0.15, -0.1) is 0 Å². The molecule has 0 saturated carbocycles. The normalized spacial score (nSPS) is 11.4. The number of anilines is 2. The number of rotatable bonds is 3. The van der Waals surface area contributed by atoms with E-state index in [2.05, 4.69) is 14.7 Å². The van der Waals surface area contributed by atoms with Crippen LogP contribution < -0.4 is 10.5 Å². The number of halogens is 1. The zero-order valence-corrected chi connectivity index (χ0v) is 13.4. The molecule has 8 heteroatoms. The molecule has 0 radical (unpaired) electrons. The van der Waals surface area contributed by atoms with E-state index < -0.39 is 10.0 Å². The summed E-state index contributed by atoms with van der Waals surface area (Å²) in [6, 6.07) is 4.75. The lowest BCUT2D eigenvalue weighted by Gasteiger charge is -2.13. The Labute approximate surface area is 128 Å². The molecule has 1 heterocycles. The lowest BCUT2D eigenvalue weighted by molar-refractivity contribution is 0.599. The molecule has 0 aliphatic rings. The Morgan fingerprint density at radius 1 is 1.10 bits per heavy atom. The van der Waals surface area contributed by atoms with E-state index in [0.717, 1.165) is 0 Å². The van der Waals surface area contributed by atoms with Gasteiger partial charge >= 0.3 is 0 Å². The summed E-state index contributed by atoms with van der Waals surface area (Å²) in [7, 11) is -3.81. The van der Waals surface area contributed by atoms with Gasteiger partial charge in [-0.3, -0.25) is 0 Å². The summed E-state index contributed by atoms with van der Waals surface area (Å²) in [6.45, 7) is 5.06. The smallest absolute Gasteiger partial charge is 0.264 e. The molecule has 6 nitrogen and oxygen atoms in total. The van der Waals surface area contributed by atoms with Gasteiger partial charge in [-0.05, 0) is 50.1 Å². The van der Waals surface area contributed by atoms with Gasteiger partial charge in [-0.1, -0.05) is 11.6 Å². The molecule has 0 spiro atoms. The first-order valence-corrected chi connectivity index (χ1v) is 7.96. The predicted molar refractivity (Wildman–Crippen MR) is 82.9 cm³/mol. The molecule has 0 bridgehead atoms.